The Morgan fingerprint density at radius 3 is 1.25 bits per heavy atom. The molecule has 6 heteroatoms. The molecule has 5 nitrogen and oxygen atoms in total. The van der Waals surface area contributed by atoms with E-state index in [-0.39, 0.29) is 56.8 Å². The van der Waals surface area contributed by atoms with Gasteiger partial charge in [0.15, 0.2) is 0 Å². The number of carbonyl (C=O) groups is 1. The summed E-state index contributed by atoms with van der Waals surface area (Å²) in [7, 11) is 0. The molecule has 0 aliphatic carbocycles. The van der Waals surface area contributed by atoms with Crippen LogP contribution in [0.25, 0.3) is 0 Å². The van der Waals surface area contributed by atoms with E-state index >= 15 is 0 Å². The molecule has 0 radical (unpaired) electrons. The van der Waals surface area contributed by atoms with Crippen molar-refractivity contribution in [3.8, 4) is 0 Å². The van der Waals surface area contributed by atoms with Gasteiger partial charge in [-0.1, -0.05) is 0 Å². The minimum Gasteiger partial charge on any atom is -0.481 e. The van der Waals surface area contributed by atoms with E-state index < -0.39 is 5.97 Å². The summed E-state index contributed by atoms with van der Waals surface area (Å²) in [5.74, 6) is -0.833. The summed E-state index contributed by atoms with van der Waals surface area (Å²) in [6.07, 6.45) is 0. The summed E-state index contributed by atoms with van der Waals surface area (Å²) in [4.78, 5) is 9.00. The molecule has 54 valence electrons. The predicted octanol–water partition coefficient (Wildman–Crippen LogP) is -2.38. The van der Waals surface area contributed by atoms with Crippen LogP contribution in [0.4, 0.5) is 0 Å². The van der Waals surface area contributed by atoms with Crippen molar-refractivity contribution in [2.75, 3.05) is 0 Å². The predicted molar refractivity (Wildman–Crippen MR) is 24.2 cm³/mol. The van der Waals surface area contributed by atoms with Crippen molar-refractivity contribution in [1.29, 1.82) is 0 Å². The molecule has 7 N–H and O–H groups in total. The molecule has 0 aromatic carbocycles. The first-order valence-electron chi connectivity index (χ1n) is 0.928. The molecule has 0 fully saturated rings. The SMILES string of the molecule is CC(=O)O.O.O.O.[Sm]. The zero-order chi connectivity index (χ0) is 3.58. The van der Waals surface area contributed by atoms with E-state index in [4.69, 9.17) is 9.90 Å². The van der Waals surface area contributed by atoms with Crippen molar-refractivity contribution in [1.82, 2.24) is 0 Å². The smallest absolute Gasteiger partial charge is 0.300 e. The summed E-state index contributed by atoms with van der Waals surface area (Å²) >= 11 is 0. The van der Waals surface area contributed by atoms with Gasteiger partial charge in [0, 0.05) is 47.3 Å². The quantitative estimate of drug-likeness (QED) is 0.523. The fraction of sp³-hybridized carbons (Fsp3) is 0.500. The number of aliphatic carboxylic acids is 1. The van der Waals surface area contributed by atoms with E-state index in [2.05, 4.69) is 0 Å². The van der Waals surface area contributed by atoms with Crippen molar-refractivity contribution in [3.05, 3.63) is 0 Å². The van der Waals surface area contributed by atoms with Gasteiger partial charge in [0.1, 0.15) is 0 Å². The number of carboxylic acids is 1. The van der Waals surface area contributed by atoms with Gasteiger partial charge in [0.2, 0.25) is 0 Å². The molecule has 8 heavy (non-hydrogen) atoms. The Balaban J connectivity index is -0.00000000750. The second-order valence-electron chi connectivity index (χ2n) is 0.519. The zero-order valence-electron chi connectivity index (χ0n) is 4.26. The molecule has 0 aromatic rings. The van der Waals surface area contributed by atoms with E-state index in [1.54, 1.807) is 0 Å². The number of hydrogen-bond donors (Lipinski definition) is 1. The Bertz CT molecular complexity index is 33.4. The molecular weight excluding hydrogens is 254 g/mol. The van der Waals surface area contributed by atoms with Gasteiger partial charge in [-0.05, 0) is 0 Å². The summed E-state index contributed by atoms with van der Waals surface area (Å²) in [5, 5.41) is 7.42. The molecule has 0 saturated heterocycles. The molecule has 0 atom stereocenters. The summed E-state index contributed by atoms with van der Waals surface area (Å²) < 4.78 is 0. The van der Waals surface area contributed by atoms with Crippen LogP contribution in [-0.4, -0.2) is 27.5 Å². The van der Waals surface area contributed by atoms with Gasteiger partial charge in [0.05, 0.1) is 0 Å². The molecule has 0 rings (SSSR count). The van der Waals surface area contributed by atoms with Gasteiger partial charge in [-0.3, -0.25) is 4.79 Å². The second-order valence-corrected chi connectivity index (χ2v) is 0.519. The third-order valence-electron chi connectivity index (χ3n) is 0. The van der Waals surface area contributed by atoms with E-state index in [1.807, 2.05) is 0 Å². The average molecular weight is 264 g/mol. The molecule has 0 saturated carbocycles. The third-order valence-corrected chi connectivity index (χ3v) is 0. The molecule has 0 aromatic heterocycles. The van der Waals surface area contributed by atoms with Crippen LogP contribution in [0.15, 0.2) is 0 Å². The minimum absolute atomic E-state index is 0. The van der Waals surface area contributed by atoms with Gasteiger partial charge >= 0.3 is 0 Å². The monoisotopic (exact) mass is 266 g/mol. The van der Waals surface area contributed by atoms with Gasteiger partial charge in [-0.2, -0.15) is 0 Å². The van der Waals surface area contributed by atoms with Crippen LogP contribution in [0.3, 0.4) is 0 Å². The molecule has 0 unspecified atom stereocenters. The van der Waals surface area contributed by atoms with Crippen LogP contribution < -0.4 is 0 Å². The zero-order valence-corrected chi connectivity index (χ0v) is 6.88. The van der Waals surface area contributed by atoms with E-state index in [9.17, 15) is 0 Å². The number of hydrogen-bond acceptors (Lipinski definition) is 1. The van der Waals surface area contributed by atoms with Gasteiger partial charge < -0.3 is 21.5 Å². The first kappa shape index (κ1) is 37.8. The Hall–Kier alpha value is 0.688. The topological polar surface area (TPSA) is 132 Å². The van der Waals surface area contributed by atoms with E-state index in [0.29, 0.717) is 0 Å². The summed E-state index contributed by atoms with van der Waals surface area (Å²) in [6.45, 7) is 1.08. The normalized spacial score (nSPS) is 3.12. The van der Waals surface area contributed by atoms with E-state index in [1.165, 1.54) is 0 Å². The minimum atomic E-state index is -0.833. The molecule has 0 aliphatic heterocycles. The fourth-order valence-electron chi connectivity index (χ4n) is 0. The largest absolute Gasteiger partial charge is 0.481 e. The van der Waals surface area contributed by atoms with Crippen molar-refractivity contribution < 1.29 is 66.7 Å². The maximum absolute atomic E-state index is 9.00. The van der Waals surface area contributed by atoms with Crippen LogP contribution >= 0.6 is 0 Å². The molecule has 0 bridgehead atoms. The summed E-state index contributed by atoms with van der Waals surface area (Å²) in [6, 6.07) is 0. The molecule has 0 heterocycles. The van der Waals surface area contributed by atoms with Crippen LogP contribution in [-0.2, 0) is 4.79 Å². The average Bonchev–Trinajstić information content (AvgIpc) is 0.811. The Labute approximate surface area is 79.1 Å². The number of carboxylic acid groups (broad SMARTS) is 1. The van der Waals surface area contributed by atoms with Crippen LogP contribution in [0.5, 0.6) is 0 Å². The number of rotatable bonds is 0. The molecule has 0 amide bonds. The molecular formula is C2H10O5Sm. The first-order valence-corrected chi connectivity index (χ1v) is 0.928. The van der Waals surface area contributed by atoms with Crippen LogP contribution in [0.1, 0.15) is 6.92 Å². The fourth-order valence-corrected chi connectivity index (χ4v) is 0. The maximum atomic E-state index is 9.00. The second kappa shape index (κ2) is 25.3. The standard InChI is InChI=1S/C2H4O2.3H2O.Sm/c1-2(3)4;;;;/h1H3,(H,3,4);3*1H2;. The van der Waals surface area contributed by atoms with Crippen molar-refractivity contribution in [2.45, 2.75) is 6.92 Å². The van der Waals surface area contributed by atoms with Crippen molar-refractivity contribution in [3.63, 3.8) is 0 Å². The van der Waals surface area contributed by atoms with Gasteiger partial charge in [-0.25, -0.2) is 0 Å². The third kappa shape index (κ3) is 458. The van der Waals surface area contributed by atoms with Crippen LogP contribution in [0, 0.1) is 40.4 Å². The van der Waals surface area contributed by atoms with Crippen molar-refractivity contribution in [2.24, 2.45) is 0 Å². The van der Waals surface area contributed by atoms with Crippen molar-refractivity contribution >= 4 is 5.97 Å². The van der Waals surface area contributed by atoms with Crippen LogP contribution in [0.2, 0.25) is 0 Å². The maximum Gasteiger partial charge on any atom is 0.300 e. The van der Waals surface area contributed by atoms with E-state index in [0.717, 1.165) is 6.92 Å². The molecule has 0 aliphatic rings. The molecule has 0 spiro atoms. The Morgan fingerprint density at radius 2 is 1.25 bits per heavy atom. The van der Waals surface area contributed by atoms with Gasteiger partial charge in [-0.15, -0.1) is 0 Å². The van der Waals surface area contributed by atoms with Gasteiger partial charge in [0.25, 0.3) is 5.97 Å². The Morgan fingerprint density at radius 1 is 1.25 bits per heavy atom. The first-order chi connectivity index (χ1) is 1.73. The Kier molecular flexibility index (Phi) is 119. The summed E-state index contributed by atoms with van der Waals surface area (Å²) in [5.41, 5.74) is 0.